The third-order valence-electron chi connectivity index (χ3n) is 3.16. The molecule has 114 valence electrons. The van der Waals surface area contributed by atoms with Gasteiger partial charge in [0.2, 0.25) is 11.7 Å². The van der Waals surface area contributed by atoms with E-state index < -0.39 is 11.7 Å². The van der Waals surface area contributed by atoms with Crippen LogP contribution in [0.2, 0.25) is 0 Å². The summed E-state index contributed by atoms with van der Waals surface area (Å²) in [6, 6.07) is 5.38. The van der Waals surface area contributed by atoms with Gasteiger partial charge in [0.15, 0.2) is 23.1 Å². The van der Waals surface area contributed by atoms with Gasteiger partial charge in [-0.2, -0.15) is 0 Å². The van der Waals surface area contributed by atoms with E-state index in [1.165, 1.54) is 12.1 Å². The van der Waals surface area contributed by atoms with E-state index in [1.807, 2.05) is 0 Å². The SMILES string of the molecule is NC(=O)c1ccc(Oc2ccnc3c2OCCCN3)c(F)c1. The summed E-state index contributed by atoms with van der Waals surface area (Å²) < 4.78 is 25.2. The summed E-state index contributed by atoms with van der Waals surface area (Å²) in [7, 11) is 0. The van der Waals surface area contributed by atoms with Crippen molar-refractivity contribution < 1.29 is 18.7 Å². The molecule has 0 radical (unpaired) electrons. The lowest BCUT2D eigenvalue weighted by Crippen LogP contribution is -2.11. The molecule has 1 aliphatic rings. The summed E-state index contributed by atoms with van der Waals surface area (Å²) in [4.78, 5) is 15.2. The first kappa shape index (κ1) is 14.1. The number of hydrogen-bond donors (Lipinski definition) is 2. The smallest absolute Gasteiger partial charge is 0.248 e. The maximum atomic E-state index is 14.0. The maximum absolute atomic E-state index is 14.0. The van der Waals surface area contributed by atoms with Gasteiger partial charge in [0.1, 0.15) is 0 Å². The lowest BCUT2D eigenvalue weighted by molar-refractivity contribution is 0.1000. The molecule has 0 spiro atoms. The molecule has 2 heterocycles. The molecular formula is C15H14FN3O3. The van der Waals surface area contributed by atoms with Crippen molar-refractivity contribution >= 4 is 11.7 Å². The molecule has 7 heteroatoms. The molecule has 6 nitrogen and oxygen atoms in total. The molecule has 0 bridgehead atoms. The number of anilines is 1. The van der Waals surface area contributed by atoms with E-state index >= 15 is 0 Å². The number of halogens is 1. The number of primary amides is 1. The highest BCUT2D eigenvalue weighted by atomic mass is 19.1. The first-order valence-electron chi connectivity index (χ1n) is 6.78. The molecule has 1 amide bonds. The van der Waals surface area contributed by atoms with Gasteiger partial charge in [0, 0.05) is 24.4 Å². The number of rotatable bonds is 3. The maximum Gasteiger partial charge on any atom is 0.248 e. The molecule has 1 aromatic heterocycles. The van der Waals surface area contributed by atoms with Crippen LogP contribution in [0.15, 0.2) is 30.5 Å². The van der Waals surface area contributed by atoms with E-state index in [9.17, 15) is 9.18 Å². The molecule has 2 aromatic rings. The molecule has 0 unspecified atom stereocenters. The number of fused-ring (bicyclic) bond motifs is 1. The molecule has 0 aliphatic carbocycles. The molecule has 0 saturated carbocycles. The van der Waals surface area contributed by atoms with Crippen LogP contribution in [0, 0.1) is 5.82 Å². The molecule has 1 aliphatic heterocycles. The van der Waals surface area contributed by atoms with E-state index in [2.05, 4.69) is 10.3 Å². The normalized spacial score (nSPS) is 13.3. The van der Waals surface area contributed by atoms with Gasteiger partial charge in [0.05, 0.1) is 6.61 Å². The summed E-state index contributed by atoms with van der Waals surface area (Å²) in [5, 5.41) is 3.12. The van der Waals surface area contributed by atoms with E-state index in [4.69, 9.17) is 15.2 Å². The summed E-state index contributed by atoms with van der Waals surface area (Å²) in [5.41, 5.74) is 5.19. The van der Waals surface area contributed by atoms with Crippen LogP contribution in [0.3, 0.4) is 0 Å². The number of pyridine rings is 1. The first-order chi connectivity index (χ1) is 10.6. The average Bonchev–Trinajstić information content (AvgIpc) is 2.75. The van der Waals surface area contributed by atoms with Crippen molar-refractivity contribution in [3.05, 3.63) is 41.8 Å². The Balaban J connectivity index is 1.92. The van der Waals surface area contributed by atoms with Crippen molar-refractivity contribution in [2.45, 2.75) is 6.42 Å². The summed E-state index contributed by atoms with van der Waals surface area (Å²) in [6.45, 7) is 1.26. The number of nitrogens with two attached hydrogens (primary N) is 1. The van der Waals surface area contributed by atoms with Crippen molar-refractivity contribution in [1.29, 1.82) is 0 Å². The number of carbonyl (C=O) groups is 1. The Bertz CT molecular complexity index is 721. The van der Waals surface area contributed by atoms with Gasteiger partial charge in [-0.15, -0.1) is 0 Å². The van der Waals surface area contributed by atoms with Gasteiger partial charge in [-0.3, -0.25) is 4.79 Å². The molecular weight excluding hydrogens is 289 g/mol. The molecule has 3 rings (SSSR count). The van der Waals surface area contributed by atoms with Crippen molar-refractivity contribution in [3.63, 3.8) is 0 Å². The Labute approximate surface area is 126 Å². The standard InChI is InChI=1S/C15H14FN3O3/c16-10-8-9(14(17)20)2-3-11(10)22-12-4-6-19-15-13(12)21-7-1-5-18-15/h2-4,6,8H,1,5,7H2,(H2,17,20)(H,18,19). The molecule has 0 fully saturated rings. The zero-order valence-electron chi connectivity index (χ0n) is 11.6. The Morgan fingerprint density at radius 2 is 2.23 bits per heavy atom. The van der Waals surface area contributed by atoms with E-state index in [1.54, 1.807) is 12.3 Å². The second-order valence-electron chi connectivity index (χ2n) is 4.73. The molecule has 0 saturated heterocycles. The number of amides is 1. The number of carbonyl (C=O) groups excluding carboxylic acids is 1. The minimum atomic E-state index is -0.698. The van der Waals surface area contributed by atoms with Gasteiger partial charge in [-0.1, -0.05) is 0 Å². The lowest BCUT2D eigenvalue weighted by atomic mass is 10.2. The highest BCUT2D eigenvalue weighted by molar-refractivity contribution is 5.92. The van der Waals surface area contributed by atoms with Crippen LogP contribution in [0.4, 0.5) is 10.2 Å². The molecule has 0 atom stereocenters. The number of nitrogens with zero attached hydrogens (tertiary/aromatic N) is 1. The van der Waals surface area contributed by atoms with Crippen LogP contribution in [0.1, 0.15) is 16.8 Å². The van der Waals surface area contributed by atoms with E-state index in [-0.39, 0.29) is 11.3 Å². The summed E-state index contributed by atoms with van der Waals surface area (Å²) in [5.74, 6) is -0.0434. The second kappa shape index (κ2) is 5.88. The Morgan fingerprint density at radius 1 is 1.36 bits per heavy atom. The van der Waals surface area contributed by atoms with Crippen LogP contribution >= 0.6 is 0 Å². The highest BCUT2D eigenvalue weighted by Crippen LogP contribution is 2.38. The number of benzene rings is 1. The second-order valence-corrected chi connectivity index (χ2v) is 4.73. The minimum absolute atomic E-state index is 0.0220. The highest BCUT2D eigenvalue weighted by Gasteiger charge is 2.17. The van der Waals surface area contributed by atoms with Crippen molar-refractivity contribution in [1.82, 2.24) is 4.98 Å². The number of aromatic nitrogens is 1. The van der Waals surface area contributed by atoms with Gasteiger partial charge in [0.25, 0.3) is 0 Å². The van der Waals surface area contributed by atoms with Gasteiger partial charge in [-0.25, -0.2) is 9.37 Å². The Kier molecular flexibility index (Phi) is 3.78. The van der Waals surface area contributed by atoms with Gasteiger partial charge in [-0.05, 0) is 24.6 Å². The largest absolute Gasteiger partial charge is 0.486 e. The Morgan fingerprint density at radius 3 is 3.00 bits per heavy atom. The zero-order chi connectivity index (χ0) is 15.5. The number of nitrogens with one attached hydrogen (secondary N) is 1. The summed E-state index contributed by atoms with van der Waals surface area (Å²) >= 11 is 0. The predicted molar refractivity (Wildman–Crippen MR) is 77.8 cm³/mol. The predicted octanol–water partition coefficient (Wildman–Crippen LogP) is 2.31. The van der Waals surface area contributed by atoms with Crippen molar-refractivity contribution in [2.75, 3.05) is 18.5 Å². The number of ether oxygens (including phenoxy) is 2. The van der Waals surface area contributed by atoms with Gasteiger partial charge >= 0.3 is 0 Å². The van der Waals surface area contributed by atoms with Crippen molar-refractivity contribution in [3.8, 4) is 17.2 Å². The van der Waals surface area contributed by atoms with E-state index in [0.717, 1.165) is 19.0 Å². The average molecular weight is 303 g/mol. The van der Waals surface area contributed by atoms with Gasteiger partial charge < -0.3 is 20.5 Å². The van der Waals surface area contributed by atoms with Crippen molar-refractivity contribution in [2.24, 2.45) is 5.73 Å². The number of hydrogen-bond acceptors (Lipinski definition) is 5. The lowest BCUT2D eigenvalue weighted by Gasteiger charge is -2.13. The molecule has 22 heavy (non-hydrogen) atoms. The first-order valence-corrected chi connectivity index (χ1v) is 6.78. The topological polar surface area (TPSA) is 86.5 Å². The molecule has 1 aromatic carbocycles. The van der Waals surface area contributed by atoms with E-state index in [0.29, 0.717) is 23.9 Å². The fourth-order valence-corrected chi connectivity index (χ4v) is 2.08. The quantitative estimate of drug-likeness (QED) is 0.908. The van der Waals surface area contributed by atoms with Crippen LogP contribution in [0.5, 0.6) is 17.2 Å². The Hall–Kier alpha value is -2.83. The zero-order valence-corrected chi connectivity index (χ0v) is 11.6. The van der Waals surface area contributed by atoms with Crippen LogP contribution in [-0.2, 0) is 0 Å². The minimum Gasteiger partial charge on any atom is -0.486 e. The van der Waals surface area contributed by atoms with Crippen LogP contribution in [-0.4, -0.2) is 24.0 Å². The van der Waals surface area contributed by atoms with Crippen LogP contribution < -0.4 is 20.5 Å². The fraction of sp³-hybridized carbons (Fsp3) is 0.200. The van der Waals surface area contributed by atoms with Crippen LogP contribution in [0.25, 0.3) is 0 Å². The fourth-order valence-electron chi connectivity index (χ4n) is 2.08. The third kappa shape index (κ3) is 2.78. The molecule has 3 N–H and O–H groups in total. The summed E-state index contributed by atoms with van der Waals surface area (Å²) in [6.07, 6.45) is 2.38. The third-order valence-corrected chi connectivity index (χ3v) is 3.16. The monoisotopic (exact) mass is 303 g/mol.